The van der Waals surface area contributed by atoms with Gasteiger partial charge >= 0.3 is 0 Å². The first-order valence-corrected chi connectivity index (χ1v) is 6.78. The zero-order valence-corrected chi connectivity index (χ0v) is 11.3. The molecule has 0 bridgehead atoms. The van der Waals surface area contributed by atoms with E-state index >= 15 is 0 Å². The minimum Gasteiger partial charge on any atom is -0.0651 e. The molecule has 2 aromatic rings. The van der Waals surface area contributed by atoms with Gasteiger partial charge in [0.2, 0.25) is 0 Å². The van der Waals surface area contributed by atoms with Crippen LogP contribution in [0.2, 0.25) is 0 Å². The molecule has 0 aromatic heterocycles. The lowest BCUT2D eigenvalue weighted by molar-refractivity contribution is 0.540. The zero-order chi connectivity index (χ0) is 12.8. The molecule has 0 heteroatoms. The van der Waals surface area contributed by atoms with Crippen molar-refractivity contribution in [3.63, 3.8) is 0 Å². The van der Waals surface area contributed by atoms with E-state index in [-0.39, 0.29) is 0 Å². The van der Waals surface area contributed by atoms with Gasteiger partial charge in [0.15, 0.2) is 0 Å². The lowest BCUT2D eigenvalue weighted by Crippen LogP contribution is -2.07. The van der Waals surface area contributed by atoms with Crippen LogP contribution in [0.15, 0.2) is 60.7 Å². The second-order valence-corrected chi connectivity index (χ2v) is 4.93. The monoisotopic (exact) mass is 237 g/mol. The summed E-state index contributed by atoms with van der Waals surface area (Å²) >= 11 is 0. The van der Waals surface area contributed by atoms with Gasteiger partial charge in [-0.1, -0.05) is 80.9 Å². The van der Waals surface area contributed by atoms with Crippen LogP contribution in [0.4, 0.5) is 0 Å². The SMILES string of the molecule is CCC(C)C[C](c1ccccc1)c1ccccc1. The van der Waals surface area contributed by atoms with E-state index in [4.69, 9.17) is 0 Å². The first-order chi connectivity index (χ1) is 8.81. The average molecular weight is 237 g/mol. The Morgan fingerprint density at radius 3 is 1.67 bits per heavy atom. The molecule has 0 N–H and O–H groups in total. The van der Waals surface area contributed by atoms with E-state index in [1.54, 1.807) is 0 Å². The van der Waals surface area contributed by atoms with Gasteiger partial charge in [0.05, 0.1) is 0 Å². The van der Waals surface area contributed by atoms with Gasteiger partial charge < -0.3 is 0 Å². The van der Waals surface area contributed by atoms with Crippen LogP contribution >= 0.6 is 0 Å². The van der Waals surface area contributed by atoms with Gasteiger partial charge in [-0.25, -0.2) is 0 Å². The van der Waals surface area contributed by atoms with Crippen molar-refractivity contribution in [1.29, 1.82) is 0 Å². The third-order valence-corrected chi connectivity index (χ3v) is 3.49. The topological polar surface area (TPSA) is 0 Å². The van der Waals surface area contributed by atoms with E-state index < -0.39 is 0 Å². The molecule has 93 valence electrons. The molecule has 0 spiro atoms. The Balaban J connectivity index is 2.29. The fourth-order valence-corrected chi connectivity index (χ4v) is 2.17. The Kier molecular flexibility index (Phi) is 4.58. The van der Waals surface area contributed by atoms with E-state index in [1.165, 1.54) is 23.5 Å². The molecule has 2 rings (SSSR count). The molecule has 0 aliphatic carbocycles. The number of hydrogen-bond donors (Lipinski definition) is 0. The van der Waals surface area contributed by atoms with E-state index in [0.29, 0.717) is 0 Å². The Morgan fingerprint density at radius 1 is 0.833 bits per heavy atom. The van der Waals surface area contributed by atoms with E-state index in [2.05, 4.69) is 74.5 Å². The van der Waals surface area contributed by atoms with Crippen molar-refractivity contribution < 1.29 is 0 Å². The molecule has 2 aromatic carbocycles. The van der Waals surface area contributed by atoms with Crippen molar-refractivity contribution >= 4 is 0 Å². The minimum absolute atomic E-state index is 0.723. The van der Waals surface area contributed by atoms with Gasteiger partial charge in [0.1, 0.15) is 0 Å². The van der Waals surface area contributed by atoms with E-state index in [1.807, 2.05) is 0 Å². The van der Waals surface area contributed by atoms with Crippen molar-refractivity contribution in [2.45, 2.75) is 26.7 Å². The lowest BCUT2D eigenvalue weighted by atomic mass is 9.83. The maximum Gasteiger partial charge on any atom is 0.0342 e. The standard InChI is InChI=1S/C18H21/c1-3-15(2)14-18(16-10-6-4-7-11-16)17-12-8-5-9-13-17/h4-13,15H,3,14H2,1-2H3. The van der Waals surface area contributed by atoms with Gasteiger partial charge in [0.25, 0.3) is 0 Å². The van der Waals surface area contributed by atoms with Crippen molar-refractivity contribution in [2.24, 2.45) is 5.92 Å². The summed E-state index contributed by atoms with van der Waals surface area (Å²) in [6.07, 6.45) is 2.37. The molecule has 0 aliphatic rings. The third kappa shape index (κ3) is 3.22. The minimum atomic E-state index is 0.723. The highest BCUT2D eigenvalue weighted by molar-refractivity contribution is 5.45. The van der Waals surface area contributed by atoms with E-state index in [9.17, 15) is 0 Å². The number of rotatable bonds is 5. The number of hydrogen-bond acceptors (Lipinski definition) is 0. The Morgan fingerprint density at radius 2 is 1.28 bits per heavy atom. The highest BCUT2D eigenvalue weighted by Crippen LogP contribution is 2.30. The summed E-state index contributed by atoms with van der Waals surface area (Å²) < 4.78 is 0. The lowest BCUT2D eigenvalue weighted by Gasteiger charge is -2.20. The largest absolute Gasteiger partial charge is 0.0651 e. The molecule has 0 saturated carbocycles. The van der Waals surface area contributed by atoms with Gasteiger partial charge in [0, 0.05) is 5.92 Å². The quantitative estimate of drug-likeness (QED) is 0.679. The summed E-state index contributed by atoms with van der Waals surface area (Å²) in [7, 11) is 0. The molecular weight excluding hydrogens is 216 g/mol. The van der Waals surface area contributed by atoms with Crippen LogP contribution < -0.4 is 0 Å². The van der Waals surface area contributed by atoms with Crippen LogP contribution in [-0.4, -0.2) is 0 Å². The normalized spacial score (nSPS) is 12.6. The van der Waals surface area contributed by atoms with Crippen LogP contribution in [0, 0.1) is 11.8 Å². The molecule has 1 radical (unpaired) electrons. The summed E-state index contributed by atoms with van der Waals surface area (Å²) in [5, 5.41) is 0. The number of benzene rings is 2. The average Bonchev–Trinajstić information content (AvgIpc) is 2.46. The molecule has 0 amide bonds. The molecule has 0 heterocycles. The van der Waals surface area contributed by atoms with Crippen molar-refractivity contribution in [3.05, 3.63) is 77.7 Å². The smallest absolute Gasteiger partial charge is 0.0342 e. The van der Waals surface area contributed by atoms with Crippen LogP contribution in [0.25, 0.3) is 0 Å². The first-order valence-electron chi connectivity index (χ1n) is 6.78. The summed E-state index contributed by atoms with van der Waals surface area (Å²) in [5.74, 6) is 2.19. The van der Waals surface area contributed by atoms with Crippen molar-refractivity contribution in [2.75, 3.05) is 0 Å². The molecule has 1 atom stereocenters. The van der Waals surface area contributed by atoms with Gasteiger partial charge in [-0.05, 0) is 23.5 Å². The van der Waals surface area contributed by atoms with Crippen molar-refractivity contribution in [3.8, 4) is 0 Å². The summed E-state index contributed by atoms with van der Waals surface area (Å²) in [4.78, 5) is 0. The molecular formula is C18H21. The van der Waals surface area contributed by atoms with Crippen LogP contribution in [0.5, 0.6) is 0 Å². The predicted molar refractivity (Wildman–Crippen MR) is 78.4 cm³/mol. The molecule has 0 nitrogen and oxygen atoms in total. The Bertz CT molecular complexity index is 404. The van der Waals surface area contributed by atoms with Crippen LogP contribution in [-0.2, 0) is 0 Å². The first kappa shape index (κ1) is 12.9. The molecule has 0 fully saturated rings. The zero-order valence-electron chi connectivity index (χ0n) is 11.3. The Hall–Kier alpha value is -1.56. The predicted octanol–water partition coefficient (Wildman–Crippen LogP) is 5.09. The molecule has 0 saturated heterocycles. The fourth-order valence-electron chi connectivity index (χ4n) is 2.17. The van der Waals surface area contributed by atoms with Gasteiger partial charge in [-0.2, -0.15) is 0 Å². The summed E-state index contributed by atoms with van der Waals surface area (Å²) in [6.45, 7) is 4.59. The molecule has 18 heavy (non-hydrogen) atoms. The highest BCUT2D eigenvalue weighted by Gasteiger charge is 2.16. The van der Waals surface area contributed by atoms with Gasteiger partial charge in [-0.15, -0.1) is 0 Å². The molecule has 0 aliphatic heterocycles. The second kappa shape index (κ2) is 6.39. The van der Waals surface area contributed by atoms with Crippen molar-refractivity contribution in [1.82, 2.24) is 0 Å². The molecule has 1 unspecified atom stereocenters. The van der Waals surface area contributed by atoms with Gasteiger partial charge in [-0.3, -0.25) is 0 Å². The third-order valence-electron chi connectivity index (χ3n) is 3.49. The van der Waals surface area contributed by atoms with E-state index in [0.717, 1.165) is 12.3 Å². The second-order valence-electron chi connectivity index (χ2n) is 4.93. The maximum absolute atomic E-state index is 2.33. The van der Waals surface area contributed by atoms with Crippen LogP contribution in [0.1, 0.15) is 37.8 Å². The highest BCUT2D eigenvalue weighted by atomic mass is 14.2. The fraction of sp³-hybridized carbons (Fsp3) is 0.278. The van der Waals surface area contributed by atoms with Crippen LogP contribution in [0.3, 0.4) is 0 Å². The summed E-state index contributed by atoms with van der Waals surface area (Å²) in [6, 6.07) is 21.5. The maximum atomic E-state index is 2.33. The summed E-state index contributed by atoms with van der Waals surface area (Å²) in [5.41, 5.74) is 2.70. The Labute approximate surface area is 111 Å².